The highest BCUT2D eigenvalue weighted by Crippen LogP contribution is 2.29. The molecular weight excluding hydrogens is 427 g/mol. The van der Waals surface area contributed by atoms with E-state index in [2.05, 4.69) is 11.9 Å². The monoisotopic (exact) mass is 448 g/mol. The molecule has 1 aromatic heterocycles. The Morgan fingerprint density at radius 1 is 1.03 bits per heavy atom. The summed E-state index contributed by atoms with van der Waals surface area (Å²) in [5.74, 6) is -1.39. The second kappa shape index (κ2) is 9.49. The summed E-state index contributed by atoms with van der Waals surface area (Å²) < 4.78 is 1.85. The third-order valence-corrected chi connectivity index (χ3v) is 5.57. The van der Waals surface area contributed by atoms with Crippen LogP contribution in [-0.4, -0.2) is 31.7 Å². The number of nitrogens with zero attached hydrogens (tertiary/aromatic N) is 2. The molecule has 2 aromatic carbocycles. The zero-order chi connectivity index (χ0) is 21.8. The minimum Gasteiger partial charge on any atom is -0.478 e. The predicted octanol–water partition coefficient (Wildman–Crippen LogP) is 5.91. The highest BCUT2D eigenvalue weighted by atomic mass is 35.5. The summed E-state index contributed by atoms with van der Waals surface area (Å²) in [6, 6.07) is 7.60. The number of rotatable bonds is 9. The molecule has 0 amide bonds. The van der Waals surface area contributed by atoms with Gasteiger partial charge in [-0.1, -0.05) is 55.5 Å². The fourth-order valence-electron chi connectivity index (χ4n) is 3.50. The van der Waals surface area contributed by atoms with Gasteiger partial charge in [-0.05, 0) is 36.2 Å². The number of fused-ring (bicyclic) bond motifs is 1. The molecule has 0 fully saturated rings. The molecule has 3 rings (SSSR count). The Hall–Kier alpha value is -2.57. The number of carboxylic acids is 2. The van der Waals surface area contributed by atoms with Crippen LogP contribution in [0.25, 0.3) is 11.0 Å². The van der Waals surface area contributed by atoms with Crippen molar-refractivity contribution in [2.75, 3.05) is 0 Å². The van der Waals surface area contributed by atoms with Gasteiger partial charge in [0.05, 0.1) is 28.7 Å². The summed E-state index contributed by atoms with van der Waals surface area (Å²) in [4.78, 5) is 27.7. The van der Waals surface area contributed by atoms with Gasteiger partial charge in [0.25, 0.3) is 0 Å². The summed E-state index contributed by atoms with van der Waals surface area (Å²) in [6.45, 7) is 2.42. The van der Waals surface area contributed by atoms with E-state index in [1.165, 1.54) is 18.2 Å². The standard InChI is InChI=1S/C22H22Cl2N2O4/c1-2-3-4-5-6-19-25-18-11-15(23)10-16(22(29)30)20(18)26(19)12-14-8-7-13(21(27)28)9-17(14)24/h7-11H,2-6,12H2,1H3,(H,27,28)(H,29,30). The van der Waals surface area contributed by atoms with Gasteiger partial charge in [-0.3, -0.25) is 0 Å². The number of aromatic carboxylic acids is 2. The lowest BCUT2D eigenvalue weighted by Gasteiger charge is -2.13. The molecule has 1 heterocycles. The summed E-state index contributed by atoms with van der Waals surface area (Å²) in [5.41, 5.74) is 1.85. The van der Waals surface area contributed by atoms with Crippen molar-refractivity contribution in [3.63, 3.8) is 0 Å². The first-order chi connectivity index (χ1) is 14.3. The number of benzene rings is 2. The number of halogens is 2. The highest BCUT2D eigenvalue weighted by molar-refractivity contribution is 6.32. The van der Waals surface area contributed by atoms with Gasteiger partial charge in [0.2, 0.25) is 0 Å². The number of hydrogen-bond donors (Lipinski definition) is 2. The van der Waals surface area contributed by atoms with Crippen molar-refractivity contribution >= 4 is 46.2 Å². The average molecular weight is 449 g/mol. The maximum atomic E-state index is 11.9. The summed E-state index contributed by atoms with van der Waals surface area (Å²) in [6.07, 6.45) is 4.91. The maximum Gasteiger partial charge on any atom is 0.337 e. The second-order valence-electron chi connectivity index (χ2n) is 7.16. The minimum absolute atomic E-state index is 0.0723. The van der Waals surface area contributed by atoms with Crippen molar-refractivity contribution in [3.05, 3.63) is 62.9 Å². The molecule has 0 bridgehead atoms. The second-order valence-corrected chi connectivity index (χ2v) is 8.01. The molecule has 158 valence electrons. The normalized spacial score (nSPS) is 11.2. The number of carboxylic acid groups (broad SMARTS) is 2. The highest BCUT2D eigenvalue weighted by Gasteiger charge is 2.20. The van der Waals surface area contributed by atoms with E-state index in [1.807, 2.05) is 4.57 Å². The molecule has 0 aliphatic carbocycles. The molecule has 0 saturated heterocycles. The molecule has 0 unspecified atom stereocenters. The Kier molecular flexibility index (Phi) is 7.00. The van der Waals surface area contributed by atoms with E-state index >= 15 is 0 Å². The lowest BCUT2D eigenvalue weighted by Crippen LogP contribution is -2.09. The molecule has 0 spiro atoms. The van der Waals surface area contributed by atoms with E-state index in [0.717, 1.165) is 31.5 Å². The van der Waals surface area contributed by atoms with Crippen molar-refractivity contribution in [2.45, 2.75) is 45.6 Å². The summed E-state index contributed by atoms with van der Waals surface area (Å²) in [5, 5.41) is 19.5. The van der Waals surface area contributed by atoms with Crippen molar-refractivity contribution in [1.82, 2.24) is 9.55 Å². The molecule has 6 nitrogen and oxygen atoms in total. The molecule has 0 atom stereocenters. The van der Waals surface area contributed by atoms with E-state index in [4.69, 9.17) is 28.3 Å². The van der Waals surface area contributed by atoms with Crippen LogP contribution < -0.4 is 0 Å². The Morgan fingerprint density at radius 2 is 1.80 bits per heavy atom. The molecule has 0 aliphatic heterocycles. The van der Waals surface area contributed by atoms with Gasteiger partial charge in [0.15, 0.2) is 0 Å². The topological polar surface area (TPSA) is 92.4 Å². The van der Waals surface area contributed by atoms with Crippen molar-refractivity contribution in [2.24, 2.45) is 0 Å². The van der Waals surface area contributed by atoms with Gasteiger partial charge in [-0.2, -0.15) is 0 Å². The van der Waals surface area contributed by atoms with Crippen LogP contribution >= 0.6 is 23.2 Å². The third-order valence-electron chi connectivity index (χ3n) is 5.00. The lowest BCUT2D eigenvalue weighted by atomic mass is 10.1. The number of hydrogen-bond acceptors (Lipinski definition) is 3. The number of aryl methyl sites for hydroxylation is 1. The molecule has 0 saturated carbocycles. The fraction of sp³-hybridized carbons (Fsp3) is 0.318. The Balaban J connectivity index is 2.09. The zero-order valence-corrected chi connectivity index (χ0v) is 18.0. The van der Waals surface area contributed by atoms with E-state index in [9.17, 15) is 14.7 Å². The van der Waals surface area contributed by atoms with E-state index in [-0.39, 0.29) is 17.7 Å². The summed E-state index contributed by atoms with van der Waals surface area (Å²) >= 11 is 12.5. The van der Waals surface area contributed by atoms with Crippen LogP contribution in [0.4, 0.5) is 0 Å². The van der Waals surface area contributed by atoms with Gasteiger partial charge >= 0.3 is 11.9 Å². The van der Waals surface area contributed by atoms with Crippen LogP contribution in [0.2, 0.25) is 10.0 Å². The van der Waals surface area contributed by atoms with Crippen molar-refractivity contribution in [1.29, 1.82) is 0 Å². The van der Waals surface area contributed by atoms with Gasteiger partial charge in [0, 0.05) is 16.5 Å². The van der Waals surface area contributed by atoms with E-state index in [0.29, 0.717) is 33.1 Å². The molecule has 0 radical (unpaired) electrons. The van der Waals surface area contributed by atoms with Gasteiger partial charge in [-0.15, -0.1) is 0 Å². The van der Waals surface area contributed by atoms with Crippen molar-refractivity contribution in [3.8, 4) is 0 Å². The predicted molar refractivity (Wildman–Crippen MR) is 117 cm³/mol. The summed E-state index contributed by atoms with van der Waals surface area (Å²) in [7, 11) is 0. The SMILES string of the molecule is CCCCCCc1nc2cc(Cl)cc(C(=O)O)c2n1Cc1ccc(C(=O)O)cc1Cl. The minimum atomic E-state index is -1.09. The van der Waals surface area contributed by atoms with Crippen LogP contribution in [0.1, 0.15) is 64.7 Å². The average Bonchev–Trinajstić information content (AvgIpc) is 3.02. The first-order valence-electron chi connectivity index (χ1n) is 9.75. The van der Waals surface area contributed by atoms with E-state index < -0.39 is 11.9 Å². The molecule has 30 heavy (non-hydrogen) atoms. The molecule has 3 aromatic rings. The first-order valence-corrected chi connectivity index (χ1v) is 10.5. The van der Waals surface area contributed by atoms with Crippen LogP contribution in [0, 0.1) is 0 Å². The molecular formula is C22H22Cl2N2O4. The van der Waals surface area contributed by atoms with E-state index in [1.54, 1.807) is 12.1 Å². The Bertz CT molecular complexity index is 1110. The first kappa shape index (κ1) is 22.1. The Labute approximate surface area is 184 Å². The lowest BCUT2D eigenvalue weighted by molar-refractivity contribution is 0.0686. The van der Waals surface area contributed by atoms with Crippen LogP contribution in [-0.2, 0) is 13.0 Å². The largest absolute Gasteiger partial charge is 0.478 e. The van der Waals surface area contributed by atoms with Crippen LogP contribution in [0.5, 0.6) is 0 Å². The van der Waals surface area contributed by atoms with Gasteiger partial charge in [0.1, 0.15) is 5.82 Å². The molecule has 8 heteroatoms. The number of carbonyl (C=O) groups is 2. The fourth-order valence-corrected chi connectivity index (χ4v) is 3.95. The number of aromatic nitrogens is 2. The zero-order valence-electron chi connectivity index (χ0n) is 16.5. The molecule has 0 aliphatic rings. The van der Waals surface area contributed by atoms with Crippen LogP contribution in [0.3, 0.4) is 0 Å². The van der Waals surface area contributed by atoms with Crippen molar-refractivity contribution < 1.29 is 19.8 Å². The Morgan fingerprint density at radius 3 is 2.43 bits per heavy atom. The van der Waals surface area contributed by atoms with Gasteiger partial charge < -0.3 is 14.8 Å². The quantitative estimate of drug-likeness (QED) is 0.396. The third kappa shape index (κ3) is 4.77. The smallest absolute Gasteiger partial charge is 0.337 e. The van der Waals surface area contributed by atoms with Crippen LogP contribution in [0.15, 0.2) is 30.3 Å². The maximum absolute atomic E-state index is 11.9. The number of unbranched alkanes of at least 4 members (excludes halogenated alkanes) is 3. The van der Waals surface area contributed by atoms with Gasteiger partial charge in [-0.25, -0.2) is 14.6 Å². The molecule has 2 N–H and O–H groups in total. The number of imidazole rings is 1.